The predicted molar refractivity (Wildman–Crippen MR) is 90.3 cm³/mol. The fourth-order valence-corrected chi connectivity index (χ4v) is 3.16. The van der Waals surface area contributed by atoms with Gasteiger partial charge in [-0.3, -0.25) is 4.79 Å². The summed E-state index contributed by atoms with van der Waals surface area (Å²) in [6, 6.07) is 4.82. The first kappa shape index (κ1) is 18.8. The van der Waals surface area contributed by atoms with Gasteiger partial charge in [-0.15, -0.1) is 23.7 Å². The molecule has 2 rings (SSSR count). The summed E-state index contributed by atoms with van der Waals surface area (Å²) in [5.74, 6) is -0.588. The van der Waals surface area contributed by atoms with E-state index in [1.807, 2.05) is 13.8 Å². The lowest BCUT2D eigenvalue weighted by Gasteiger charge is -2.18. The molecule has 0 atom stereocenters. The Bertz CT molecular complexity index is 667. The van der Waals surface area contributed by atoms with Gasteiger partial charge in [-0.05, 0) is 26.0 Å². The summed E-state index contributed by atoms with van der Waals surface area (Å²) in [7, 11) is 1.52. The second-order valence-electron chi connectivity index (χ2n) is 5.63. The molecule has 0 saturated carbocycles. The summed E-state index contributed by atoms with van der Waals surface area (Å²) in [5.41, 5.74) is 5.95. The Labute approximate surface area is 139 Å². The largest absolute Gasteiger partial charge is 0.380 e. The van der Waals surface area contributed by atoms with Gasteiger partial charge in [0.1, 0.15) is 5.82 Å². The number of nitrogens with one attached hydrogen (secondary N) is 1. The van der Waals surface area contributed by atoms with Gasteiger partial charge in [0.05, 0.1) is 11.5 Å². The van der Waals surface area contributed by atoms with Crippen LogP contribution >= 0.6 is 23.7 Å². The van der Waals surface area contributed by atoms with E-state index in [1.165, 1.54) is 24.5 Å². The quantitative estimate of drug-likeness (QED) is 0.874. The van der Waals surface area contributed by atoms with Gasteiger partial charge >= 0.3 is 0 Å². The fraction of sp³-hybridized carbons (Fsp3) is 0.400. The van der Waals surface area contributed by atoms with Crippen molar-refractivity contribution >= 4 is 39.7 Å². The molecule has 1 amide bonds. The van der Waals surface area contributed by atoms with Crippen molar-refractivity contribution in [3.05, 3.63) is 34.5 Å². The molecule has 0 unspecified atom stereocenters. The number of carbonyl (C=O) groups excluding carboxylic acids is 1. The van der Waals surface area contributed by atoms with E-state index in [1.54, 1.807) is 12.1 Å². The van der Waals surface area contributed by atoms with Crippen LogP contribution in [0.3, 0.4) is 0 Å². The number of halogens is 2. The first-order chi connectivity index (χ1) is 9.83. The van der Waals surface area contributed by atoms with E-state index in [4.69, 9.17) is 10.5 Å². The van der Waals surface area contributed by atoms with Crippen LogP contribution in [0.4, 0.5) is 4.39 Å². The Balaban J connectivity index is 0.00000242. The van der Waals surface area contributed by atoms with Crippen molar-refractivity contribution in [1.82, 2.24) is 5.32 Å². The number of hydrogen-bond acceptors (Lipinski definition) is 4. The molecule has 0 saturated heterocycles. The zero-order valence-corrected chi connectivity index (χ0v) is 14.4. The maximum Gasteiger partial charge on any atom is 0.261 e. The number of fused-ring (bicyclic) bond motifs is 1. The topological polar surface area (TPSA) is 64.3 Å². The maximum absolute atomic E-state index is 14.0. The molecular formula is C15H20ClFN2O2S. The number of nitrogens with two attached hydrogens (primary N) is 1. The fourth-order valence-electron chi connectivity index (χ4n) is 2.02. The van der Waals surface area contributed by atoms with Crippen molar-refractivity contribution in [1.29, 1.82) is 0 Å². The molecule has 4 nitrogen and oxygen atoms in total. The van der Waals surface area contributed by atoms with Crippen LogP contribution in [0.15, 0.2) is 18.2 Å². The van der Waals surface area contributed by atoms with Crippen LogP contribution in [0.2, 0.25) is 0 Å². The highest BCUT2D eigenvalue weighted by molar-refractivity contribution is 7.21. The molecule has 122 valence electrons. The second-order valence-corrected chi connectivity index (χ2v) is 6.68. The molecule has 0 bridgehead atoms. The van der Waals surface area contributed by atoms with E-state index in [0.29, 0.717) is 22.4 Å². The van der Waals surface area contributed by atoms with Crippen molar-refractivity contribution in [2.75, 3.05) is 13.7 Å². The molecule has 2 aromatic rings. The number of ether oxygens (including phenoxy) is 1. The molecule has 1 aromatic carbocycles. The molecule has 0 aliphatic carbocycles. The highest BCUT2D eigenvalue weighted by atomic mass is 35.5. The summed E-state index contributed by atoms with van der Waals surface area (Å²) in [6.07, 6.45) is 0. The minimum absolute atomic E-state index is 0. The third-order valence-corrected chi connectivity index (χ3v) is 4.16. The number of amides is 1. The van der Waals surface area contributed by atoms with Crippen molar-refractivity contribution in [3.8, 4) is 0 Å². The number of methoxy groups -OCH3 is 1. The van der Waals surface area contributed by atoms with Gasteiger partial charge < -0.3 is 15.8 Å². The minimum atomic E-state index is -0.501. The van der Waals surface area contributed by atoms with Gasteiger partial charge in [0, 0.05) is 34.8 Å². The lowest BCUT2D eigenvalue weighted by Crippen LogP contribution is -2.45. The van der Waals surface area contributed by atoms with Gasteiger partial charge in [-0.1, -0.05) is 6.07 Å². The highest BCUT2D eigenvalue weighted by Crippen LogP contribution is 2.33. The Morgan fingerprint density at radius 1 is 1.45 bits per heavy atom. The van der Waals surface area contributed by atoms with Gasteiger partial charge in [-0.25, -0.2) is 4.39 Å². The Hall–Kier alpha value is -1.21. The van der Waals surface area contributed by atoms with Crippen LogP contribution in [0.25, 0.3) is 10.1 Å². The van der Waals surface area contributed by atoms with E-state index < -0.39 is 5.54 Å². The zero-order valence-electron chi connectivity index (χ0n) is 12.7. The van der Waals surface area contributed by atoms with E-state index in [9.17, 15) is 9.18 Å². The van der Waals surface area contributed by atoms with Crippen molar-refractivity contribution in [3.63, 3.8) is 0 Å². The number of benzene rings is 1. The third kappa shape index (κ3) is 4.16. The second kappa shape index (κ2) is 7.37. The van der Waals surface area contributed by atoms with Crippen LogP contribution in [-0.4, -0.2) is 25.1 Å². The Morgan fingerprint density at radius 3 is 2.73 bits per heavy atom. The summed E-state index contributed by atoms with van der Waals surface area (Å²) in [6.45, 7) is 4.19. The molecule has 3 N–H and O–H groups in total. The van der Waals surface area contributed by atoms with Crippen LogP contribution in [0.5, 0.6) is 0 Å². The normalized spacial score (nSPS) is 11.3. The molecule has 0 spiro atoms. The molecule has 0 radical (unpaired) electrons. The minimum Gasteiger partial charge on any atom is -0.380 e. The molecule has 22 heavy (non-hydrogen) atoms. The Morgan fingerprint density at radius 2 is 2.14 bits per heavy atom. The number of rotatable bonds is 5. The van der Waals surface area contributed by atoms with E-state index in [0.717, 1.165) is 4.70 Å². The standard InChI is InChI=1S/C15H19FN2O2S.ClH/c1-15(2,17)8-18-14(19)13-9(7-20-3)12-10(16)5-4-6-11(12)21-13;/h4-6H,7-8,17H2,1-3H3,(H,18,19);1H. The Kier molecular flexibility index (Phi) is 6.31. The van der Waals surface area contributed by atoms with Crippen molar-refractivity contribution < 1.29 is 13.9 Å². The van der Waals surface area contributed by atoms with Crippen LogP contribution in [0, 0.1) is 5.82 Å². The molecule has 0 aliphatic heterocycles. The number of hydrogen-bond donors (Lipinski definition) is 2. The third-order valence-electron chi connectivity index (χ3n) is 2.96. The van der Waals surface area contributed by atoms with Crippen LogP contribution in [-0.2, 0) is 11.3 Å². The smallest absolute Gasteiger partial charge is 0.261 e. The first-order valence-electron chi connectivity index (χ1n) is 6.59. The molecule has 0 aliphatic rings. The predicted octanol–water partition coefficient (Wildman–Crippen LogP) is 3.08. The van der Waals surface area contributed by atoms with Gasteiger partial charge in [0.25, 0.3) is 5.91 Å². The number of carbonyl (C=O) groups is 1. The molecule has 7 heteroatoms. The van der Waals surface area contributed by atoms with Gasteiger partial charge in [0.15, 0.2) is 0 Å². The average molecular weight is 347 g/mol. The summed E-state index contributed by atoms with van der Waals surface area (Å²) >= 11 is 1.26. The lowest BCUT2D eigenvalue weighted by atomic mass is 10.1. The summed E-state index contributed by atoms with van der Waals surface area (Å²) < 4.78 is 19.9. The number of thiophene rings is 1. The lowest BCUT2D eigenvalue weighted by molar-refractivity contribution is 0.0946. The van der Waals surface area contributed by atoms with E-state index >= 15 is 0 Å². The van der Waals surface area contributed by atoms with Crippen LogP contribution in [0.1, 0.15) is 29.1 Å². The van der Waals surface area contributed by atoms with Crippen LogP contribution < -0.4 is 11.1 Å². The molecule has 1 heterocycles. The van der Waals surface area contributed by atoms with Gasteiger partial charge in [-0.2, -0.15) is 0 Å². The highest BCUT2D eigenvalue weighted by Gasteiger charge is 2.21. The van der Waals surface area contributed by atoms with Crippen molar-refractivity contribution in [2.45, 2.75) is 26.0 Å². The summed E-state index contributed by atoms with van der Waals surface area (Å²) in [4.78, 5) is 12.8. The monoisotopic (exact) mass is 346 g/mol. The van der Waals surface area contributed by atoms with E-state index in [2.05, 4.69) is 5.32 Å². The average Bonchev–Trinajstić information content (AvgIpc) is 2.76. The first-order valence-corrected chi connectivity index (χ1v) is 7.41. The molecule has 1 aromatic heterocycles. The zero-order chi connectivity index (χ0) is 15.6. The SMILES string of the molecule is COCc1c(C(=O)NCC(C)(C)N)sc2cccc(F)c12.Cl. The van der Waals surface area contributed by atoms with Gasteiger partial charge in [0.2, 0.25) is 0 Å². The molecular weight excluding hydrogens is 327 g/mol. The van der Waals surface area contributed by atoms with E-state index in [-0.39, 0.29) is 30.7 Å². The maximum atomic E-state index is 14.0. The summed E-state index contributed by atoms with van der Waals surface area (Å²) in [5, 5.41) is 3.25. The van der Waals surface area contributed by atoms with Crippen molar-refractivity contribution in [2.24, 2.45) is 5.73 Å². The molecule has 0 fully saturated rings.